The van der Waals surface area contributed by atoms with Gasteiger partial charge in [0.15, 0.2) is 0 Å². The molecule has 0 radical (unpaired) electrons. The van der Waals surface area contributed by atoms with Crippen LogP contribution in [0.3, 0.4) is 0 Å². The SMILES string of the molecule is CCCC(C)(C)NCC(CC)CC. The van der Waals surface area contributed by atoms with Crippen LogP contribution in [0.2, 0.25) is 0 Å². The highest BCUT2D eigenvalue weighted by molar-refractivity contribution is 4.77. The van der Waals surface area contributed by atoms with Gasteiger partial charge in [0.25, 0.3) is 0 Å². The lowest BCUT2D eigenvalue weighted by molar-refractivity contribution is 0.318. The molecule has 1 N–H and O–H groups in total. The van der Waals surface area contributed by atoms with Gasteiger partial charge in [0.05, 0.1) is 0 Å². The first-order chi connectivity index (χ1) is 6.05. The van der Waals surface area contributed by atoms with E-state index in [1.807, 2.05) is 0 Å². The summed E-state index contributed by atoms with van der Waals surface area (Å²) in [7, 11) is 0. The molecular formula is C12H27N. The highest BCUT2D eigenvalue weighted by Crippen LogP contribution is 2.13. The van der Waals surface area contributed by atoms with E-state index in [1.54, 1.807) is 0 Å². The van der Waals surface area contributed by atoms with E-state index in [1.165, 1.54) is 32.2 Å². The second-order valence-corrected chi connectivity index (χ2v) is 4.70. The predicted octanol–water partition coefficient (Wildman–Crippen LogP) is 3.59. The molecule has 80 valence electrons. The quantitative estimate of drug-likeness (QED) is 0.639. The Morgan fingerprint density at radius 3 is 2.00 bits per heavy atom. The van der Waals surface area contributed by atoms with E-state index >= 15 is 0 Å². The van der Waals surface area contributed by atoms with Gasteiger partial charge in [-0.2, -0.15) is 0 Å². The highest BCUT2D eigenvalue weighted by Gasteiger charge is 2.16. The topological polar surface area (TPSA) is 12.0 Å². The summed E-state index contributed by atoms with van der Waals surface area (Å²) in [6.07, 6.45) is 5.13. The smallest absolute Gasteiger partial charge is 0.0125 e. The molecule has 0 heterocycles. The van der Waals surface area contributed by atoms with Crippen LogP contribution in [0.1, 0.15) is 60.3 Å². The Balaban J connectivity index is 3.71. The molecule has 0 aromatic heterocycles. The molecule has 0 fully saturated rings. The Hall–Kier alpha value is -0.0400. The van der Waals surface area contributed by atoms with Gasteiger partial charge < -0.3 is 5.32 Å². The Labute approximate surface area is 84.3 Å². The summed E-state index contributed by atoms with van der Waals surface area (Å²) in [5, 5.41) is 3.66. The fourth-order valence-corrected chi connectivity index (χ4v) is 1.71. The largest absolute Gasteiger partial charge is 0.312 e. The fourth-order valence-electron chi connectivity index (χ4n) is 1.71. The standard InChI is InChI=1S/C12H27N/c1-6-9-12(4,5)13-10-11(7-2)8-3/h11,13H,6-10H2,1-5H3. The van der Waals surface area contributed by atoms with Crippen molar-refractivity contribution in [1.82, 2.24) is 5.32 Å². The zero-order chi connectivity index (χ0) is 10.3. The van der Waals surface area contributed by atoms with Crippen LogP contribution in [0.25, 0.3) is 0 Å². The van der Waals surface area contributed by atoms with Crippen LogP contribution in [-0.2, 0) is 0 Å². The number of rotatable bonds is 7. The predicted molar refractivity (Wildman–Crippen MR) is 61.1 cm³/mol. The molecule has 0 aromatic carbocycles. The normalized spacial score (nSPS) is 12.5. The van der Waals surface area contributed by atoms with Crippen LogP contribution >= 0.6 is 0 Å². The minimum Gasteiger partial charge on any atom is -0.312 e. The Bertz CT molecular complexity index is 114. The molecule has 0 spiro atoms. The van der Waals surface area contributed by atoms with Crippen LogP contribution in [0.5, 0.6) is 0 Å². The Kier molecular flexibility index (Phi) is 6.40. The number of hydrogen-bond acceptors (Lipinski definition) is 1. The summed E-state index contributed by atoms with van der Waals surface area (Å²) < 4.78 is 0. The van der Waals surface area contributed by atoms with Crippen LogP contribution in [0, 0.1) is 5.92 Å². The van der Waals surface area contributed by atoms with Gasteiger partial charge in [-0.15, -0.1) is 0 Å². The van der Waals surface area contributed by atoms with Gasteiger partial charge in [0, 0.05) is 5.54 Å². The van der Waals surface area contributed by atoms with Gasteiger partial charge >= 0.3 is 0 Å². The first-order valence-corrected chi connectivity index (χ1v) is 5.80. The van der Waals surface area contributed by atoms with Crippen molar-refractivity contribution in [2.75, 3.05) is 6.54 Å². The minimum atomic E-state index is 0.331. The lowest BCUT2D eigenvalue weighted by Gasteiger charge is -2.28. The molecule has 0 unspecified atom stereocenters. The molecule has 1 nitrogen and oxygen atoms in total. The zero-order valence-corrected chi connectivity index (χ0v) is 10.1. The summed E-state index contributed by atoms with van der Waals surface area (Å²) >= 11 is 0. The van der Waals surface area contributed by atoms with Gasteiger partial charge in [-0.25, -0.2) is 0 Å². The first-order valence-electron chi connectivity index (χ1n) is 5.80. The van der Waals surface area contributed by atoms with E-state index in [0.717, 1.165) is 5.92 Å². The summed E-state index contributed by atoms with van der Waals surface area (Å²) in [4.78, 5) is 0. The number of nitrogens with one attached hydrogen (secondary N) is 1. The van der Waals surface area contributed by atoms with Crippen LogP contribution in [0.4, 0.5) is 0 Å². The third-order valence-electron chi connectivity index (χ3n) is 2.90. The second-order valence-electron chi connectivity index (χ2n) is 4.70. The molecule has 1 heteroatoms. The molecule has 0 saturated heterocycles. The third kappa shape index (κ3) is 6.09. The van der Waals surface area contributed by atoms with Crippen molar-refractivity contribution < 1.29 is 0 Å². The van der Waals surface area contributed by atoms with Crippen LogP contribution < -0.4 is 5.32 Å². The second kappa shape index (κ2) is 6.42. The van der Waals surface area contributed by atoms with Gasteiger partial charge in [-0.1, -0.05) is 40.0 Å². The Morgan fingerprint density at radius 1 is 1.08 bits per heavy atom. The van der Waals surface area contributed by atoms with Gasteiger partial charge in [0.1, 0.15) is 0 Å². The van der Waals surface area contributed by atoms with Crippen molar-refractivity contribution in [3.05, 3.63) is 0 Å². The molecule has 13 heavy (non-hydrogen) atoms. The fraction of sp³-hybridized carbons (Fsp3) is 1.00. The van der Waals surface area contributed by atoms with Crippen molar-refractivity contribution in [3.8, 4) is 0 Å². The molecule has 0 amide bonds. The van der Waals surface area contributed by atoms with Crippen molar-refractivity contribution in [1.29, 1.82) is 0 Å². The first kappa shape index (κ1) is 13.0. The van der Waals surface area contributed by atoms with Gasteiger partial charge in [-0.3, -0.25) is 0 Å². The van der Waals surface area contributed by atoms with E-state index in [4.69, 9.17) is 0 Å². The average molecular weight is 185 g/mol. The highest BCUT2D eigenvalue weighted by atomic mass is 15.0. The van der Waals surface area contributed by atoms with Gasteiger partial charge in [-0.05, 0) is 32.7 Å². The Morgan fingerprint density at radius 2 is 1.62 bits per heavy atom. The van der Waals surface area contributed by atoms with E-state index in [9.17, 15) is 0 Å². The third-order valence-corrected chi connectivity index (χ3v) is 2.90. The maximum absolute atomic E-state index is 3.66. The molecule has 0 rings (SSSR count). The molecule has 0 aliphatic carbocycles. The number of hydrogen-bond donors (Lipinski definition) is 1. The van der Waals surface area contributed by atoms with Crippen LogP contribution in [-0.4, -0.2) is 12.1 Å². The average Bonchev–Trinajstić information content (AvgIpc) is 2.06. The summed E-state index contributed by atoms with van der Waals surface area (Å²) in [6.45, 7) is 12.6. The monoisotopic (exact) mass is 185 g/mol. The van der Waals surface area contributed by atoms with Crippen molar-refractivity contribution in [2.45, 2.75) is 65.8 Å². The van der Waals surface area contributed by atoms with Crippen LogP contribution in [0.15, 0.2) is 0 Å². The van der Waals surface area contributed by atoms with Crippen molar-refractivity contribution in [2.24, 2.45) is 5.92 Å². The van der Waals surface area contributed by atoms with Gasteiger partial charge in [0.2, 0.25) is 0 Å². The molecule has 0 aromatic rings. The van der Waals surface area contributed by atoms with Crippen molar-refractivity contribution >= 4 is 0 Å². The molecule has 0 atom stereocenters. The van der Waals surface area contributed by atoms with Crippen molar-refractivity contribution in [3.63, 3.8) is 0 Å². The summed E-state index contributed by atoms with van der Waals surface area (Å²) in [5.74, 6) is 0.858. The summed E-state index contributed by atoms with van der Waals surface area (Å²) in [5.41, 5.74) is 0.331. The lowest BCUT2D eigenvalue weighted by atomic mass is 9.96. The lowest BCUT2D eigenvalue weighted by Crippen LogP contribution is -2.41. The molecular weight excluding hydrogens is 158 g/mol. The zero-order valence-electron chi connectivity index (χ0n) is 10.1. The summed E-state index contributed by atoms with van der Waals surface area (Å²) in [6, 6.07) is 0. The van der Waals surface area contributed by atoms with E-state index in [2.05, 4.69) is 39.9 Å². The maximum atomic E-state index is 3.66. The van der Waals surface area contributed by atoms with E-state index in [-0.39, 0.29) is 0 Å². The molecule has 0 saturated carbocycles. The minimum absolute atomic E-state index is 0.331. The maximum Gasteiger partial charge on any atom is 0.0125 e. The molecule has 0 aliphatic heterocycles. The van der Waals surface area contributed by atoms with E-state index < -0.39 is 0 Å². The molecule has 0 bridgehead atoms. The van der Waals surface area contributed by atoms with E-state index in [0.29, 0.717) is 5.54 Å². The molecule has 0 aliphatic rings.